The first kappa shape index (κ1) is 19.1. The van der Waals surface area contributed by atoms with Gasteiger partial charge in [0.05, 0.1) is 24.7 Å². The number of likely N-dealkylation sites (tertiary alicyclic amines) is 1. The van der Waals surface area contributed by atoms with E-state index in [0.717, 1.165) is 19.4 Å². The summed E-state index contributed by atoms with van der Waals surface area (Å²) in [6, 6.07) is 16.7. The van der Waals surface area contributed by atoms with Crippen molar-refractivity contribution in [1.82, 2.24) is 4.90 Å². The van der Waals surface area contributed by atoms with E-state index < -0.39 is 5.82 Å². The number of halogens is 1. The number of aryl methyl sites for hydroxylation is 1. The van der Waals surface area contributed by atoms with Crippen LogP contribution in [-0.2, 0) is 4.79 Å². The van der Waals surface area contributed by atoms with E-state index in [2.05, 4.69) is 24.0 Å². The molecule has 1 fully saturated rings. The highest BCUT2D eigenvalue weighted by Crippen LogP contribution is 2.33. The molecule has 0 N–H and O–H groups in total. The summed E-state index contributed by atoms with van der Waals surface area (Å²) in [6.45, 7) is 3.35. The molecule has 0 aromatic heterocycles. The number of anilines is 1. The summed E-state index contributed by atoms with van der Waals surface area (Å²) in [5.41, 5.74) is 2.71. The Labute approximate surface area is 159 Å². The molecule has 27 heavy (non-hydrogen) atoms. The maximum atomic E-state index is 14.2. The quantitative estimate of drug-likeness (QED) is 0.770. The van der Waals surface area contributed by atoms with Gasteiger partial charge in [0.15, 0.2) is 0 Å². The maximum Gasteiger partial charge on any atom is 0.241 e. The molecule has 0 saturated carbocycles. The Morgan fingerprint density at radius 3 is 2.74 bits per heavy atom. The molecule has 2 aromatic rings. The van der Waals surface area contributed by atoms with Gasteiger partial charge in [0, 0.05) is 12.6 Å². The van der Waals surface area contributed by atoms with Crippen LogP contribution < -0.4 is 4.90 Å². The molecule has 1 amide bonds. The molecular formula is C22H24FN3O. The summed E-state index contributed by atoms with van der Waals surface area (Å²) >= 11 is 0. The zero-order valence-electron chi connectivity index (χ0n) is 15.6. The zero-order chi connectivity index (χ0) is 19.2. The fourth-order valence-corrected chi connectivity index (χ4v) is 3.80. The van der Waals surface area contributed by atoms with Crippen molar-refractivity contribution in [3.63, 3.8) is 0 Å². The molecule has 0 aliphatic carbocycles. The van der Waals surface area contributed by atoms with Crippen LogP contribution in [0, 0.1) is 24.1 Å². The number of hydrogen-bond acceptors (Lipinski definition) is 3. The van der Waals surface area contributed by atoms with Gasteiger partial charge in [0.1, 0.15) is 5.82 Å². The number of nitriles is 1. The van der Waals surface area contributed by atoms with Gasteiger partial charge in [-0.3, -0.25) is 9.69 Å². The van der Waals surface area contributed by atoms with Crippen LogP contribution in [0.3, 0.4) is 0 Å². The predicted molar refractivity (Wildman–Crippen MR) is 104 cm³/mol. The minimum absolute atomic E-state index is 0.168. The SMILES string of the molecule is Cc1ccccc1[C@H]1CCCN1CC(=O)N(CCC#N)c1ccccc1F. The molecule has 1 aliphatic heterocycles. The second-order valence-corrected chi connectivity index (χ2v) is 6.89. The van der Waals surface area contributed by atoms with E-state index in [9.17, 15) is 9.18 Å². The van der Waals surface area contributed by atoms with Crippen LogP contribution >= 0.6 is 0 Å². The van der Waals surface area contributed by atoms with Crippen LogP contribution in [0.2, 0.25) is 0 Å². The molecule has 1 heterocycles. The van der Waals surface area contributed by atoms with Crippen LogP contribution in [-0.4, -0.2) is 30.4 Å². The lowest BCUT2D eigenvalue weighted by atomic mass is 9.99. The van der Waals surface area contributed by atoms with Crippen LogP contribution in [0.5, 0.6) is 0 Å². The zero-order valence-corrected chi connectivity index (χ0v) is 15.6. The molecule has 4 nitrogen and oxygen atoms in total. The average Bonchev–Trinajstić information content (AvgIpc) is 3.11. The van der Waals surface area contributed by atoms with Gasteiger partial charge in [0.25, 0.3) is 0 Å². The Morgan fingerprint density at radius 2 is 2.00 bits per heavy atom. The third-order valence-electron chi connectivity index (χ3n) is 5.14. The first-order chi connectivity index (χ1) is 13.1. The smallest absolute Gasteiger partial charge is 0.241 e. The van der Waals surface area contributed by atoms with Crippen molar-refractivity contribution in [2.75, 3.05) is 24.5 Å². The lowest BCUT2D eigenvalue weighted by Crippen LogP contribution is -2.41. The number of amides is 1. The number of nitrogens with zero attached hydrogens (tertiary/aromatic N) is 3. The van der Waals surface area contributed by atoms with E-state index in [1.165, 1.54) is 22.1 Å². The maximum absolute atomic E-state index is 14.2. The summed E-state index contributed by atoms with van der Waals surface area (Å²) in [5.74, 6) is -0.614. The molecular weight excluding hydrogens is 341 g/mol. The highest BCUT2D eigenvalue weighted by Gasteiger charge is 2.30. The van der Waals surface area contributed by atoms with Gasteiger partial charge in [-0.1, -0.05) is 36.4 Å². The third kappa shape index (κ3) is 4.35. The summed E-state index contributed by atoms with van der Waals surface area (Å²) in [4.78, 5) is 16.6. The molecule has 1 aliphatic rings. The second kappa shape index (κ2) is 8.79. The van der Waals surface area contributed by atoms with Gasteiger partial charge in [0.2, 0.25) is 5.91 Å². The van der Waals surface area contributed by atoms with Crippen molar-refractivity contribution in [2.45, 2.75) is 32.2 Å². The second-order valence-electron chi connectivity index (χ2n) is 6.89. The van der Waals surface area contributed by atoms with E-state index in [1.807, 2.05) is 18.2 Å². The minimum atomic E-state index is -0.444. The van der Waals surface area contributed by atoms with Crippen molar-refractivity contribution in [2.24, 2.45) is 0 Å². The number of para-hydroxylation sites is 1. The molecule has 2 aromatic carbocycles. The lowest BCUT2D eigenvalue weighted by Gasteiger charge is -2.29. The van der Waals surface area contributed by atoms with Crippen molar-refractivity contribution < 1.29 is 9.18 Å². The summed E-state index contributed by atoms with van der Waals surface area (Å²) in [5, 5.41) is 8.93. The third-order valence-corrected chi connectivity index (χ3v) is 5.14. The fourth-order valence-electron chi connectivity index (χ4n) is 3.80. The predicted octanol–water partition coefficient (Wildman–Crippen LogP) is 4.22. The molecule has 5 heteroatoms. The fraction of sp³-hybridized carbons (Fsp3) is 0.364. The molecule has 1 atom stereocenters. The molecule has 3 rings (SSSR count). The van der Waals surface area contributed by atoms with Crippen LogP contribution in [0.4, 0.5) is 10.1 Å². The Morgan fingerprint density at radius 1 is 1.26 bits per heavy atom. The minimum Gasteiger partial charge on any atom is -0.308 e. The van der Waals surface area contributed by atoms with E-state index in [4.69, 9.17) is 5.26 Å². The number of rotatable bonds is 6. The Bertz CT molecular complexity index is 845. The van der Waals surface area contributed by atoms with Gasteiger partial charge < -0.3 is 4.90 Å². The van der Waals surface area contributed by atoms with Gasteiger partial charge >= 0.3 is 0 Å². The normalized spacial score (nSPS) is 16.9. The first-order valence-electron chi connectivity index (χ1n) is 9.33. The Hall–Kier alpha value is -2.71. The first-order valence-corrected chi connectivity index (χ1v) is 9.33. The Balaban J connectivity index is 1.80. The highest BCUT2D eigenvalue weighted by atomic mass is 19.1. The number of hydrogen-bond donors (Lipinski definition) is 0. The van der Waals surface area contributed by atoms with Gasteiger partial charge in [-0.2, -0.15) is 5.26 Å². The van der Waals surface area contributed by atoms with Crippen LogP contribution in [0.1, 0.15) is 36.4 Å². The topological polar surface area (TPSA) is 47.3 Å². The largest absolute Gasteiger partial charge is 0.308 e. The monoisotopic (exact) mass is 365 g/mol. The summed E-state index contributed by atoms with van der Waals surface area (Å²) in [6.07, 6.45) is 2.21. The molecule has 0 unspecified atom stereocenters. The van der Waals surface area contributed by atoms with Gasteiger partial charge in [-0.25, -0.2) is 4.39 Å². The molecule has 0 radical (unpaired) electrons. The summed E-state index contributed by atoms with van der Waals surface area (Å²) in [7, 11) is 0. The van der Waals surface area contributed by atoms with Crippen LogP contribution in [0.15, 0.2) is 48.5 Å². The molecule has 140 valence electrons. The Kier molecular flexibility index (Phi) is 6.20. The van der Waals surface area contributed by atoms with E-state index in [0.29, 0.717) is 0 Å². The standard InChI is InChI=1S/C22H24FN3O/c1-17-8-2-3-9-18(17)20-12-6-14-25(20)16-22(27)26(15-7-13-24)21-11-5-4-10-19(21)23/h2-5,8-11,20H,6-7,12,14-16H2,1H3/t20-/m1/s1. The lowest BCUT2D eigenvalue weighted by molar-refractivity contribution is -0.120. The van der Waals surface area contributed by atoms with Gasteiger partial charge in [-0.05, 0) is 49.6 Å². The van der Waals surface area contributed by atoms with Crippen molar-refractivity contribution in [1.29, 1.82) is 5.26 Å². The number of benzene rings is 2. The average molecular weight is 365 g/mol. The van der Waals surface area contributed by atoms with Crippen LogP contribution in [0.25, 0.3) is 0 Å². The molecule has 0 bridgehead atoms. The van der Waals surface area contributed by atoms with Crippen molar-refractivity contribution >= 4 is 11.6 Å². The molecule has 0 spiro atoms. The van der Waals surface area contributed by atoms with E-state index in [1.54, 1.807) is 18.2 Å². The van der Waals surface area contributed by atoms with E-state index >= 15 is 0 Å². The van der Waals surface area contributed by atoms with Gasteiger partial charge in [-0.15, -0.1) is 0 Å². The molecule has 1 saturated heterocycles. The highest BCUT2D eigenvalue weighted by molar-refractivity contribution is 5.95. The summed E-state index contributed by atoms with van der Waals surface area (Å²) < 4.78 is 14.2. The van der Waals surface area contributed by atoms with E-state index in [-0.39, 0.29) is 37.1 Å². The van der Waals surface area contributed by atoms with Crippen molar-refractivity contribution in [3.8, 4) is 6.07 Å². The number of carbonyl (C=O) groups excluding carboxylic acids is 1. The number of carbonyl (C=O) groups is 1. The van der Waals surface area contributed by atoms with Crippen molar-refractivity contribution in [3.05, 3.63) is 65.5 Å².